The lowest BCUT2D eigenvalue weighted by molar-refractivity contribution is -0.119. The lowest BCUT2D eigenvalue weighted by atomic mass is 9.74. The van der Waals surface area contributed by atoms with Gasteiger partial charge in [0.2, 0.25) is 0 Å². The van der Waals surface area contributed by atoms with E-state index in [-0.39, 0.29) is 0 Å². The molecule has 0 aromatic carbocycles. The summed E-state index contributed by atoms with van der Waals surface area (Å²) in [7, 11) is 2.06. The Labute approximate surface area is 107 Å². The van der Waals surface area contributed by atoms with Crippen LogP contribution < -0.4 is 5.32 Å². The van der Waals surface area contributed by atoms with Crippen molar-refractivity contribution in [3.05, 3.63) is 0 Å². The summed E-state index contributed by atoms with van der Waals surface area (Å²) in [5.74, 6) is 1.72. The maximum atomic E-state index is 6.16. The maximum Gasteiger partial charge on any atom is 0.0685 e. The normalized spacial score (nSPS) is 30.4. The summed E-state index contributed by atoms with van der Waals surface area (Å²) < 4.78 is 6.16. The first-order valence-electron chi connectivity index (χ1n) is 7.53. The van der Waals surface area contributed by atoms with Crippen molar-refractivity contribution in [3.63, 3.8) is 0 Å². The lowest BCUT2D eigenvalue weighted by Crippen LogP contribution is -2.42. The van der Waals surface area contributed by atoms with E-state index >= 15 is 0 Å². The molecule has 0 amide bonds. The van der Waals surface area contributed by atoms with Crippen LogP contribution in [0.1, 0.15) is 58.3 Å². The van der Waals surface area contributed by atoms with Crippen molar-refractivity contribution in [2.24, 2.45) is 11.8 Å². The molecule has 1 N–H and O–H groups in total. The van der Waals surface area contributed by atoms with E-state index in [1.165, 1.54) is 51.4 Å². The Balaban J connectivity index is 1.83. The van der Waals surface area contributed by atoms with E-state index in [1.54, 1.807) is 0 Å². The third-order valence-electron chi connectivity index (χ3n) is 4.65. The third kappa shape index (κ3) is 3.69. The van der Waals surface area contributed by atoms with E-state index < -0.39 is 0 Å². The predicted molar refractivity (Wildman–Crippen MR) is 72.2 cm³/mol. The van der Waals surface area contributed by atoms with Gasteiger partial charge in [-0.05, 0) is 57.5 Å². The molecule has 2 rings (SSSR count). The highest BCUT2D eigenvalue weighted by atomic mass is 16.5. The molecule has 100 valence electrons. The summed E-state index contributed by atoms with van der Waals surface area (Å²) in [6, 6.07) is 0. The summed E-state index contributed by atoms with van der Waals surface area (Å²) in [4.78, 5) is 0. The Morgan fingerprint density at radius 2 is 2.06 bits per heavy atom. The van der Waals surface area contributed by atoms with Crippen LogP contribution in [0.4, 0.5) is 0 Å². The molecule has 0 aromatic rings. The molecule has 2 heteroatoms. The topological polar surface area (TPSA) is 21.3 Å². The number of ether oxygens (including phenoxy) is 1. The summed E-state index contributed by atoms with van der Waals surface area (Å²) in [5, 5.41) is 3.30. The van der Waals surface area contributed by atoms with Crippen LogP contribution >= 0.6 is 0 Å². The Kier molecular flexibility index (Phi) is 4.87. The molecule has 1 saturated carbocycles. The van der Waals surface area contributed by atoms with E-state index in [0.717, 1.165) is 25.0 Å². The van der Waals surface area contributed by atoms with Crippen LogP contribution in [0.15, 0.2) is 0 Å². The third-order valence-corrected chi connectivity index (χ3v) is 4.65. The van der Waals surface area contributed by atoms with E-state index in [2.05, 4.69) is 19.3 Å². The minimum atomic E-state index is 0.292. The molecule has 1 aliphatic heterocycles. The van der Waals surface area contributed by atoms with E-state index in [0.29, 0.717) is 5.60 Å². The molecule has 1 aliphatic carbocycles. The smallest absolute Gasteiger partial charge is 0.0685 e. The SMILES string of the molecule is CNCC(C)CC1CCOC2(CCCCC2)C1. The first-order chi connectivity index (χ1) is 8.24. The zero-order valence-corrected chi connectivity index (χ0v) is 11.6. The van der Waals surface area contributed by atoms with Gasteiger partial charge in [0.1, 0.15) is 0 Å². The van der Waals surface area contributed by atoms with Gasteiger partial charge >= 0.3 is 0 Å². The van der Waals surface area contributed by atoms with Crippen molar-refractivity contribution < 1.29 is 4.74 Å². The predicted octanol–water partition coefficient (Wildman–Crippen LogP) is 3.36. The van der Waals surface area contributed by atoms with Crippen LogP contribution in [-0.2, 0) is 4.74 Å². The monoisotopic (exact) mass is 239 g/mol. The van der Waals surface area contributed by atoms with Crippen LogP contribution in [0.2, 0.25) is 0 Å². The number of nitrogens with one attached hydrogen (secondary N) is 1. The largest absolute Gasteiger partial charge is 0.375 e. The molecule has 17 heavy (non-hydrogen) atoms. The Morgan fingerprint density at radius 1 is 1.29 bits per heavy atom. The number of rotatable bonds is 4. The molecule has 2 aliphatic rings. The van der Waals surface area contributed by atoms with Gasteiger partial charge in [0, 0.05) is 6.61 Å². The van der Waals surface area contributed by atoms with Crippen molar-refractivity contribution in [2.45, 2.75) is 63.9 Å². The maximum absolute atomic E-state index is 6.16. The highest BCUT2D eigenvalue weighted by Gasteiger charge is 2.38. The molecule has 2 unspecified atom stereocenters. The van der Waals surface area contributed by atoms with Gasteiger partial charge in [0.15, 0.2) is 0 Å². The van der Waals surface area contributed by atoms with Crippen molar-refractivity contribution in [1.29, 1.82) is 0 Å². The fourth-order valence-corrected chi connectivity index (χ4v) is 3.88. The lowest BCUT2D eigenvalue weighted by Gasteiger charge is -2.44. The first-order valence-corrected chi connectivity index (χ1v) is 7.53. The van der Waals surface area contributed by atoms with Gasteiger partial charge in [0.05, 0.1) is 5.60 Å². The van der Waals surface area contributed by atoms with Gasteiger partial charge in [0.25, 0.3) is 0 Å². The van der Waals surface area contributed by atoms with Gasteiger partial charge in [-0.1, -0.05) is 26.2 Å². The van der Waals surface area contributed by atoms with E-state index in [1.807, 2.05) is 0 Å². The van der Waals surface area contributed by atoms with Gasteiger partial charge in [-0.25, -0.2) is 0 Å². The molecule has 1 heterocycles. The van der Waals surface area contributed by atoms with Crippen molar-refractivity contribution in [3.8, 4) is 0 Å². The van der Waals surface area contributed by atoms with Crippen LogP contribution in [-0.4, -0.2) is 25.8 Å². The average molecular weight is 239 g/mol. The van der Waals surface area contributed by atoms with Gasteiger partial charge in [-0.15, -0.1) is 0 Å². The van der Waals surface area contributed by atoms with Crippen LogP contribution in [0, 0.1) is 11.8 Å². The molecule has 2 fully saturated rings. The van der Waals surface area contributed by atoms with Gasteiger partial charge in [-0.2, -0.15) is 0 Å². The second-order valence-electron chi connectivity index (χ2n) is 6.35. The molecular weight excluding hydrogens is 210 g/mol. The van der Waals surface area contributed by atoms with E-state index in [9.17, 15) is 0 Å². The summed E-state index contributed by atoms with van der Waals surface area (Å²) in [5.41, 5.74) is 0.292. The van der Waals surface area contributed by atoms with Crippen LogP contribution in [0.25, 0.3) is 0 Å². The molecule has 2 atom stereocenters. The van der Waals surface area contributed by atoms with Gasteiger partial charge in [-0.3, -0.25) is 0 Å². The Bertz CT molecular complexity index is 217. The molecule has 1 saturated heterocycles. The number of hydrogen-bond acceptors (Lipinski definition) is 2. The summed E-state index contributed by atoms with van der Waals surface area (Å²) in [6.45, 7) is 4.54. The van der Waals surface area contributed by atoms with Crippen molar-refractivity contribution in [2.75, 3.05) is 20.2 Å². The fourth-order valence-electron chi connectivity index (χ4n) is 3.88. The van der Waals surface area contributed by atoms with Crippen LogP contribution in [0.3, 0.4) is 0 Å². The highest BCUT2D eigenvalue weighted by molar-refractivity contribution is 4.90. The second kappa shape index (κ2) is 6.19. The first kappa shape index (κ1) is 13.4. The number of hydrogen-bond donors (Lipinski definition) is 1. The summed E-state index contributed by atoms with van der Waals surface area (Å²) in [6.07, 6.45) is 10.8. The minimum absolute atomic E-state index is 0.292. The Morgan fingerprint density at radius 3 is 2.76 bits per heavy atom. The summed E-state index contributed by atoms with van der Waals surface area (Å²) >= 11 is 0. The average Bonchev–Trinajstić information content (AvgIpc) is 2.30. The second-order valence-corrected chi connectivity index (χ2v) is 6.35. The van der Waals surface area contributed by atoms with Crippen LogP contribution in [0.5, 0.6) is 0 Å². The fraction of sp³-hybridized carbons (Fsp3) is 1.00. The minimum Gasteiger partial charge on any atom is -0.375 e. The van der Waals surface area contributed by atoms with E-state index in [4.69, 9.17) is 4.74 Å². The molecule has 2 nitrogen and oxygen atoms in total. The molecule has 0 radical (unpaired) electrons. The van der Waals surface area contributed by atoms with Crippen molar-refractivity contribution >= 4 is 0 Å². The highest BCUT2D eigenvalue weighted by Crippen LogP contribution is 2.42. The Hall–Kier alpha value is -0.0800. The quantitative estimate of drug-likeness (QED) is 0.812. The standard InChI is InChI=1S/C15H29NO/c1-13(12-16-2)10-14-6-9-17-15(11-14)7-4-3-5-8-15/h13-14,16H,3-12H2,1-2H3. The molecule has 0 aromatic heterocycles. The molecule has 1 spiro atoms. The zero-order valence-electron chi connectivity index (χ0n) is 11.6. The zero-order chi connectivity index (χ0) is 12.1. The molecular formula is C15H29NO. The van der Waals surface area contributed by atoms with Gasteiger partial charge < -0.3 is 10.1 Å². The van der Waals surface area contributed by atoms with Crippen molar-refractivity contribution in [1.82, 2.24) is 5.32 Å². The molecule has 0 bridgehead atoms.